The topological polar surface area (TPSA) is 191 Å². The minimum absolute atomic E-state index is 0.0599. The average molecular weight is 802 g/mol. The predicted octanol–water partition coefficient (Wildman–Crippen LogP) is 4.48. The highest BCUT2D eigenvalue weighted by molar-refractivity contribution is 5.91. The van der Waals surface area contributed by atoms with Gasteiger partial charge in [0.15, 0.2) is 6.79 Å². The standard InChI is InChI=1S/C40H49F2N3O12/c1-25(2)39(43-37(50)54-23-28-14-9-7-10-15-28)35(48)57-44-27(5)33(46)38(41,42)32(45(39)40(51,26(3)4)36(49)55-24-53-21-20-52-6)30-18-13-19-31(22-30)56-34(47)29-16-11-8-12-17-29/h7-19,22,25-27,32-33,44,46,51H,20-21,23-24H2,1-6H3,(H,43,50)/t27?,32?,33?,39-,40-/m0/s1. The fourth-order valence-corrected chi connectivity index (χ4v) is 6.28. The van der Waals surface area contributed by atoms with Gasteiger partial charge in [-0.2, -0.15) is 0 Å². The zero-order valence-electron chi connectivity index (χ0n) is 32.5. The third-order valence-electron chi connectivity index (χ3n) is 9.43. The van der Waals surface area contributed by atoms with Crippen molar-refractivity contribution in [3.05, 3.63) is 102 Å². The number of carbonyl (C=O) groups is 4. The van der Waals surface area contributed by atoms with Gasteiger partial charge in [-0.15, -0.1) is 5.48 Å². The number of aliphatic hydroxyl groups excluding tert-OH is 1. The highest BCUT2D eigenvalue weighted by atomic mass is 19.3. The second kappa shape index (κ2) is 19.4. The second-order valence-corrected chi connectivity index (χ2v) is 14.0. The molecule has 1 aliphatic heterocycles. The van der Waals surface area contributed by atoms with Crippen LogP contribution in [0.5, 0.6) is 5.75 Å². The van der Waals surface area contributed by atoms with E-state index in [1.165, 1.54) is 59.1 Å². The lowest BCUT2D eigenvalue weighted by Gasteiger charge is -2.55. The largest absolute Gasteiger partial charge is 0.445 e. The molecule has 1 aliphatic rings. The molecule has 5 atom stereocenters. The number of benzene rings is 3. The van der Waals surface area contributed by atoms with E-state index in [0.717, 1.165) is 19.1 Å². The predicted molar refractivity (Wildman–Crippen MR) is 198 cm³/mol. The Morgan fingerprint density at radius 3 is 2.23 bits per heavy atom. The van der Waals surface area contributed by atoms with Crippen molar-refractivity contribution in [1.82, 2.24) is 15.7 Å². The molecular weight excluding hydrogens is 752 g/mol. The number of methoxy groups -OCH3 is 1. The quantitative estimate of drug-likeness (QED) is 0.0553. The van der Waals surface area contributed by atoms with Crippen molar-refractivity contribution < 1.29 is 66.7 Å². The maximum absolute atomic E-state index is 17.6. The number of hydrogen-bond donors (Lipinski definition) is 4. The smallest absolute Gasteiger partial charge is 0.409 e. The number of alkyl carbamates (subject to hydrolysis) is 1. The molecule has 1 heterocycles. The van der Waals surface area contributed by atoms with Crippen LogP contribution in [0.15, 0.2) is 84.9 Å². The van der Waals surface area contributed by atoms with Gasteiger partial charge in [-0.25, -0.2) is 32.9 Å². The van der Waals surface area contributed by atoms with Gasteiger partial charge < -0.3 is 38.7 Å². The summed E-state index contributed by atoms with van der Waals surface area (Å²) in [6, 6.07) is 16.5. The molecule has 57 heavy (non-hydrogen) atoms. The summed E-state index contributed by atoms with van der Waals surface area (Å²) in [7, 11) is 1.40. The van der Waals surface area contributed by atoms with Crippen molar-refractivity contribution in [1.29, 1.82) is 0 Å². The first-order chi connectivity index (χ1) is 27.0. The number of alkyl halides is 2. The number of ether oxygens (including phenoxy) is 5. The van der Waals surface area contributed by atoms with E-state index < -0.39 is 83.7 Å². The third-order valence-corrected chi connectivity index (χ3v) is 9.43. The molecular formula is C40H49F2N3O12. The molecule has 3 unspecified atom stereocenters. The summed E-state index contributed by atoms with van der Waals surface area (Å²) in [6.45, 7) is 5.27. The minimum Gasteiger partial charge on any atom is -0.445 e. The maximum Gasteiger partial charge on any atom is 0.409 e. The molecule has 1 amide bonds. The normalized spacial score (nSPS) is 22.3. The van der Waals surface area contributed by atoms with E-state index in [0.29, 0.717) is 10.5 Å². The first kappa shape index (κ1) is 44.7. The van der Waals surface area contributed by atoms with E-state index in [-0.39, 0.29) is 31.1 Å². The number of hydroxylamine groups is 1. The van der Waals surface area contributed by atoms with E-state index in [4.69, 9.17) is 28.5 Å². The second-order valence-electron chi connectivity index (χ2n) is 14.0. The van der Waals surface area contributed by atoms with E-state index in [9.17, 15) is 29.4 Å². The third kappa shape index (κ3) is 9.92. The summed E-state index contributed by atoms with van der Waals surface area (Å²) in [5, 5.41) is 26.6. The van der Waals surface area contributed by atoms with Crippen LogP contribution in [-0.2, 0) is 40.0 Å². The van der Waals surface area contributed by atoms with E-state index in [1.807, 2.05) is 0 Å². The van der Waals surface area contributed by atoms with Crippen LogP contribution in [0, 0.1) is 11.8 Å². The molecule has 4 rings (SSSR count). The van der Waals surface area contributed by atoms with Gasteiger partial charge in [0, 0.05) is 18.9 Å². The van der Waals surface area contributed by atoms with E-state index >= 15 is 8.78 Å². The zero-order valence-corrected chi connectivity index (χ0v) is 32.5. The van der Waals surface area contributed by atoms with Crippen LogP contribution >= 0.6 is 0 Å². The number of halogens is 2. The van der Waals surface area contributed by atoms with Gasteiger partial charge in [0.2, 0.25) is 11.4 Å². The highest BCUT2D eigenvalue weighted by Gasteiger charge is 2.69. The summed E-state index contributed by atoms with van der Waals surface area (Å²) in [5.41, 5.74) is -3.90. The molecule has 0 saturated carbocycles. The first-order valence-corrected chi connectivity index (χ1v) is 18.2. The molecule has 0 bridgehead atoms. The van der Waals surface area contributed by atoms with Gasteiger partial charge in [-0.1, -0.05) is 88.4 Å². The zero-order chi connectivity index (χ0) is 42.0. The van der Waals surface area contributed by atoms with E-state index in [1.54, 1.807) is 48.5 Å². The lowest BCUT2D eigenvalue weighted by atomic mass is 9.81. The molecule has 0 radical (unpaired) electrons. The van der Waals surface area contributed by atoms with Gasteiger partial charge in [0.1, 0.15) is 24.5 Å². The van der Waals surface area contributed by atoms with Crippen LogP contribution in [0.3, 0.4) is 0 Å². The van der Waals surface area contributed by atoms with Crippen LogP contribution in [0.2, 0.25) is 0 Å². The highest BCUT2D eigenvalue weighted by Crippen LogP contribution is 2.50. The molecule has 310 valence electrons. The number of nitrogens with zero attached hydrogens (tertiary/aromatic N) is 1. The summed E-state index contributed by atoms with van der Waals surface area (Å²) < 4.78 is 61.7. The Kier molecular flexibility index (Phi) is 15.2. The average Bonchev–Trinajstić information content (AvgIpc) is 3.21. The van der Waals surface area contributed by atoms with Crippen molar-refractivity contribution in [3.63, 3.8) is 0 Å². The summed E-state index contributed by atoms with van der Waals surface area (Å²) in [4.78, 5) is 61.6. The van der Waals surface area contributed by atoms with Crippen LogP contribution < -0.4 is 15.5 Å². The fourth-order valence-electron chi connectivity index (χ4n) is 6.28. The van der Waals surface area contributed by atoms with Crippen LogP contribution in [0.25, 0.3) is 0 Å². The minimum atomic E-state index is -4.45. The monoisotopic (exact) mass is 801 g/mol. The van der Waals surface area contributed by atoms with Crippen LogP contribution in [-0.4, -0.2) is 95.7 Å². The van der Waals surface area contributed by atoms with Gasteiger partial charge >= 0.3 is 24.0 Å². The number of hydrogen-bond acceptors (Lipinski definition) is 14. The number of rotatable bonds is 15. The molecule has 0 aromatic heterocycles. The van der Waals surface area contributed by atoms with Gasteiger partial charge in [-0.3, -0.25) is 5.32 Å². The number of carbonyl (C=O) groups excluding carboxylic acids is 4. The van der Waals surface area contributed by atoms with Crippen molar-refractivity contribution in [2.75, 3.05) is 27.1 Å². The first-order valence-electron chi connectivity index (χ1n) is 18.2. The number of esters is 2. The molecule has 15 nitrogen and oxygen atoms in total. The SMILES string of the molecule is COCCOCOC(=O)[C@@](O)(C(C)C)N1C(c2cccc(OC(=O)c3ccccc3)c2)C(F)(F)C(O)C(C)NOC(=O)[C@]1(NC(=O)OCc1ccccc1)C(C)C. The van der Waals surface area contributed by atoms with E-state index in [2.05, 4.69) is 10.8 Å². The van der Waals surface area contributed by atoms with Crippen molar-refractivity contribution >= 4 is 24.0 Å². The molecule has 0 spiro atoms. The lowest BCUT2D eigenvalue weighted by molar-refractivity contribution is -0.273. The lowest BCUT2D eigenvalue weighted by Crippen LogP contribution is -2.79. The summed E-state index contributed by atoms with van der Waals surface area (Å²) in [5.74, 6) is -11.4. The summed E-state index contributed by atoms with van der Waals surface area (Å²) in [6.07, 6.45) is -4.04. The molecule has 1 saturated heterocycles. The Hall–Kier alpha value is -5.04. The molecule has 17 heteroatoms. The van der Waals surface area contributed by atoms with Gasteiger partial charge in [-0.05, 0) is 42.3 Å². The molecule has 4 N–H and O–H groups in total. The Labute approximate surface area is 329 Å². The Morgan fingerprint density at radius 2 is 1.61 bits per heavy atom. The Bertz CT molecular complexity index is 1820. The maximum atomic E-state index is 17.6. The molecule has 3 aromatic rings. The summed E-state index contributed by atoms with van der Waals surface area (Å²) >= 11 is 0. The Balaban J connectivity index is 2.02. The van der Waals surface area contributed by atoms with Crippen LogP contribution in [0.1, 0.15) is 62.1 Å². The number of amides is 1. The van der Waals surface area contributed by atoms with Crippen molar-refractivity contribution in [2.24, 2.45) is 11.8 Å². The number of aliphatic hydroxyl groups is 2. The van der Waals surface area contributed by atoms with Gasteiger partial charge in [0.25, 0.3) is 5.92 Å². The molecule has 1 fully saturated rings. The fraction of sp³-hybridized carbons (Fsp3) is 0.450. The van der Waals surface area contributed by atoms with Crippen molar-refractivity contribution in [2.45, 2.75) is 76.7 Å². The van der Waals surface area contributed by atoms with Crippen molar-refractivity contribution in [3.8, 4) is 5.75 Å². The number of nitrogens with one attached hydrogen (secondary N) is 2. The molecule has 3 aromatic carbocycles. The molecule has 0 aliphatic carbocycles. The van der Waals surface area contributed by atoms with Crippen LogP contribution in [0.4, 0.5) is 13.6 Å². The van der Waals surface area contributed by atoms with Gasteiger partial charge in [0.05, 0.1) is 24.8 Å². The Morgan fingerprint density at radius 1 is 0.965 bits per heavy atom.